The smallest absolute Gasteiger partial charge is 0.266 e. The van der Waals surface area contributed by atoms with E-state index >= 15 is 0 Å². The second kappa shape index (κ2) is 6.60. The number of hydrogen-bond donors (Lipinski definition) is 4. The second-order valence-electron chi connectivity index (χ2n) is 4.59. The molecule has 1 aromatic rings. The Bertz CT molecular complexity index is 699. The van der Waals surface area contributed by atoms with Gasteiger partial charge < -0.3 is 16.2 Å². The molecule has 0 aliphatic carbocycles. The van der Waals surface area contributed by atoms with Gasteiger partial charge in [-0.1, -0.05) is 0 Å². The van der Waals surface area contributed by atoms with Crippen LogP contribution >= 0.6 is 0 Å². The van der Waals surface area contributed by atoms with Gasteiger partial charge in [0.2, 0.25) is 0 Å². The molecule has 1 rings (SSSR count). The number of aliphatic hydroxyl groups excluding tert-OH is 1. The molecule has 0 aliphatic rings. The maximum Gasteiger partial charge on any atom is 0.266 e. The predicted octanol–water partition coefficient (Wildman–Crippen LogP) is -0.277. The van der Waals surface area contributed by atoms with Crippen molar-refractivity contribution in [3.8, 4) is 0 Å². The first-order valence-electron chi connectivity index (χ1n) is 6.00. The zero-order valence-electron chi connectivity index (χ0n) is 11.4. The number of sulfone groups is 1. The Kier molecular flexibility index (Phi) is 5.56. The second-order valence-corrected chi connectivity index (χ2v) is 8.17. The van der Waals surface area contributed by atoms with Crippen LogP contribution in [0.15, 0.2) is 23.1 Å². The quantitative estimate of drug-likeness (QED) is 0.392. The molecule has 0 amide bonds. The Hall–Kier alpha value is -1.36. The van der Waals surface area contributed by atoms with E-state index in [0.29, 0.717) is 0 Å². The van der Waals surface area contributed by atoms with Crippen LogP contribution in [0.4, 0.5) is 11.4 Å². The van der Waals surface area contributed by atoms with Crippen LogP contribution in [-0.4, -0.2) is 50.6 Å². The van der Waals surface area contributed by atoms with Crippen molar-refractivity contribution in [3.05, 3.63) is 18.2 Å². The lowest BCUT2D eigenvalue weighted by atomic mass is 10.2. The summed E-state index contributed by atoms with van der Waals surface area (Å²) >= 11 is 0. The van der Waals surface area contributed by atoms with Crippen LogP contribution in [0.3, 0.4) is 0 Å². The molecule has 0 heterocycles. The van der Waals surface area contributed by atoms with Crippen molar-refractivity contribution in [3.63, 3.8) is 0 Å². The largest absolute Gasteiger partial charge is 0.399 e. The SMILES string of the molecule is CC(CS(=O)(=O)O)Nc1ccc(N)cc1S(=O)(=O)CCO. The van der Waals surface area contributed by atoms with Crippen molar-refractivity contribution in [2.75, 3.05) is 29.2 Å². The molecule has 120 valence electrons. The Morgan fingerprint density at radius 2 is 1.90 bits per heavy atom. The molecule has 1 atom stereocenters. The first kappa shape index (κ1) is 17.7. The fourth-order valence-corrected chi connectivity index (χ4v) is 3.72. The number of nitrogens with one attached hydrogen (secondary N) is 1. The third kappa shape index (κ3) is 5.50. The average Bonchev–Trinajstić information content (AvgIpc) is 2.28. The molecule has 1 unspecified atom stereocenters. The summed E-state index contributed by atoms with van der Waals surface area (Å²) in [6.07, 6.45) is 0. The number of benzene rings is 1. The van der Waals surface area contributed by atoms with Crippen molar-refractivity contribution in [1.29, 1.82) is 0 Å². The molecule has 5 N–H and O–H groups in total. The Balaban J connectivity index is 3.14. The maximum absolute atomic E-state index is 12.0. The van der Waals surface area contributed by atoms with Crippen molar-refractivity contribution in [2.24, 2.45) is 0 Å². The molecular weight excluding hydrogens is 320 g/mol. The van der Waals surface area contributed by atoms with Crippen LogP contribution in [0.25, 0.3) is 0 Å². The minimum absolute atomic E-state index is 0.126. The number of rotatable bonds is 7. The van der Waals surface area contributed by atoms with Crippen LogP contribution in [0, 0.1) is 0 Å². The third-order valence-electron chi connectivity index (χ3n) is 2.56. The highest BCUT2D eigenvalue weighted by Crippen LogP contribution is 2.25. The molecule has 0 saturated heterocycles. The van der Waals surface area contributed by atoms with Gasteiger partial charge in [-0.2, -0.15) is 8.42 Å². The summed E-state index contributed by atoms with van der Waals surface area (Å²) < 4.78 is 54.5. The van der Waals surface area contributed by atoms with Crippen molar-refractivity contribution in [1.82, 2.24) is 0 Å². The lowest BCUT2D eigenvalue weighted by Gasteiger charge is -2.17. The Morgan fingerprint density at radius 3 is 2.43 bits per heavy atom. The molecule has 0 aromatic heterocycles. The van der Waals surface area contributed by atoms with E-state index in [0.717, 1.165) is 0 Å². The summed E-state index contributed by atoms with van der Waals surface area (Å²) in [5, 5.41) is 11.5. The highest BCUT2D eigenvalue weighted by atomic mass is 32.2. The topological polar surface area (TPSA) is 147 Å². The monoisotopic (exact) mass is 338 g/mol. The van der Waals surface area contributed by atoms with Gasteiger partial charge >= 0.3 is 0 Å². The normalized spacial score (nSPS) is 13.9. The van der Waals surface area contributed by atoms with E-state index in [2.05, 4.69) is 5.32 Å². The summed E-state index contributed by atoms with van der Waals surface area (Å²) in [6, 6.07) is 3.38. The van der Waals surface area contributed by atoms with Crippen LogP contribution in [-0.2, 0) is 20.0 Å². The van der Waals surface area contributed by atoms with Gasteiger partial charge in [0.1, 0.15) is 0 Å². The molecule has 0 bridgehead atoms. The van der Waals surface area contributed by atoms with Gasteiger partial charge in [0, 0.05) is 11.7 Å². The zero-order chi connectivity index (χ0) is 16.3. The molecular formula is C11H18N2O6S2. The molecule has 0 radical (unpaired) electrons. The van der Waals surface area contributed by atoms with Gasteiger partial charge in [0.05, 0.1) is 28.7 Å². The van der Waals surface area contributed by atoms with E-state index in [1.165, 1.54) is 25.1 Å². The summed E-state index contributed by atoms with van der Waals surface area (Å²) in [7, 11) is -7.94. The van der Waals surface area contributed by atoms with Crippen molar-refractivity contribution in [2.45, 2.75) is 17.9 Å². The lowest BCUT2D eigenvalue weighted by Crippen LogP contribution is -2.26. The van der Waals surface area contributed by atoms with Gasteiger partial charge in [-0.05, 0) is 25.1 Å². The lowest BCUT2D eigenvalue weighted by molar-refractivity contribution is 0.319. The van der Waals surface area contributed by atoms with Gasteiger partial charge in [0.15, 0.2) is 9.84 Å². The average molecular weight is 338 g/mol. The number of hydrogen-bond acceptors (Lipinski definition) is 7. The molecule has 0 fully saturated rings. The highest BCUT2D eigenvalue weighted by Gasteiger charge is 2.21. The summed E-state index contributed by atoms with van der Waals surface area (Å²) in [5.74, 6) is -1.05. The Labute approximate surface area is 123 Å². The van der Waals surface area contributed by atoms with Crippen molar-refractivity contribution < 1.29 is 26.5 Å². The van der Waals surface area contributed by atoms with Gasteiger partial charge in [-0.3, -0.25) is 4.55 Å². The molecule has 0 spiro atoms. The van der Waals surface area contributed by atoms with E-state index < -0.39 is 44.1 Å². The summed E-state index contributed by atoms with van der Waals surface area (Å²) in [6.45, 7) is 0.934. The molecule has 0 saturated carbocycles. The Morgan fingerprint density at radius 1 is 1.29 bits per heavy atom. The minimum atomic E-state index is -4.19. The van der Waals surface area contributed by atoms with Gasteiger partial charge in [-0.25, -0.2) is 8.42 Å². The summed E-state index contributed by atoms with van der Waals surface area (Å²) in [4.78, 5) is -0.126. The van der Waals surface area contributed by atoms with E-state index in [9.17, 15) is 16.8 Å². The zero-order valence-corrected chi connectivity index (χ0v) is 13.0. The van der Waals surface area contributed by atoms with E-state index in [-0.39, 0.29) is 16.3 Å². The van der Waals surface area contributed by atoms with E-state index in [1.807, 2.05) is 0 Å². The molecule has 21 heavy (non-hydrogen) atoms. The summed E-state index contributed by atoms with van der Waals surface area (Å²) in [5.41, 5.74) is 5.94. The molecule has 8 nitrogen and oxygen atoms in total. The predicted molar refractivity (Wildman–Crippen MR) is 79.5 cm³/mol. The van der Waals surface area contributed by atoms with Gasteiger partial charge in [0.25, 0.3) is 10.1 Å². The third-order valence-corrected chi connectivity index (χ3v) is 5.21. The van der Waals surface area contributed by atoms with Crippen LogP contribution in [0.5, 0.6) is 0 Å². The number of aliphatic hydroxyl groups is 1. The number of nitrogens with two attached hydrogens (primary N) is 1. The molecule has 0 aliphatic heterocycles. The van der Waals surface area contributed by atoms with Crippen molar-refractivity contribution >= 4 is 31.3 Å². The van der Waals surface area contributed by atoms with Gasteiger partial charge in [-0.15, -0.1) is 0 Å². The fourth-order valence-electron chi connectivity index (χ4n) is 1.77. The van der Waals surface area contributed by atoms with Crippen LogP contribution in [0.2, 0.25) is 0 Å². The fraction of sp³-hybridized carbons (Fsp3) is 0.455. The first-order valence-corrected chi connectivity index (χ1v) is 9.26. The number of nitrogen functional groups attached to an aromatic ring is 1. The van der Waals surface area contributed by atoms with Crippen LogP contribution < -0.4 is 11.1 Å². The highest BCUT2D eigenvalue weighted by molar-refractivity contribution is 7.91. The van der Waals surface area contributed by atoms with E-state index in [1.54, 1.807) is 0 Å². The van der Waals surface area contributed by atoms with Crippen LogP contribution in [0.1, 0.15) is 6.92 Å². The standard InChI is InChI=1S/C11H18N2O6S2/c1-8(7-21(17,18)19)13-10-3-2-9(12)6-11(10)20(15,16)5-4-14/h2-3,6,8,13-14H,4-5,7,12H2,1H3,(H,17,18,19). The number of anilines is 2. The van der Waals surface area contributed by atoms with E-state index in [4.69, 9.17) is 15.4 Å². The molecule has 10 heteroatoms. The maximum atomic E-state index is 12.0. The first-order chi connectivity index (χ1) is 9.55. The minimum Gasteiger partial charge on any atom is -0.399 e. The molecule has 1 aromatic carbocycles.